The van der Waals surface area contributed by atoms with Crippen LogP contribution in [0.1, 0.15) is 123 Å². The number of phenolic OH excluding ortho intramolecular Hbond substituents is 2. The first-order valence-electron chi connectivity index (χ1n) is 32.0. The van der Waals surface area contributed by atoms with Crippen LogP contribution in [-0.4, -0.2) is 263 Å². The van der Waals surface area contributed by atoms with Gasteiger partial charge >= 0.3 is 23.9 Å². The Bertz CT molecular complexity index is 2940. The van der Waals surface area contributed by atoms with Gasteiger partial charge in [0, 0.05) is 84.7 Å². The van der Waals surface area contributed by atoms with Crippen molar-refractivity contribution in [3.05, 3.63) is 29.3 Å². The van der Waals surface area contributed by atoms with Gasteiger partial charge in [0.15, 0.2) is 43.2 Å². The number of aliphatic hydroxyl groups excluding tert-OH is 3. The van der Waals surface area contributed by atoms with E-state index in [9.17, 15) is 54.6 Å². The number of rotatable bonds is 24. The van der Waals surface area contributed by atoms with E-state index in [1.807, 2.05) is 19.0 Å². The predicted molar refractivity (Wildman–Crippen MR) is 328 cm³/mol. The number of phenols is 2. The largest absolute Gasteiger partial charge is 0.507 e. The van der Waals surface area contributed by atoms with Gasteiger partial charge in [-0.3, -0.25) is 28.8 Å². The van der Waals surface area contributed by atoms with Gasteiger partial charge in [0.2, 0.25) is 12.2 Å². The molecule has 31 heteroatoms. The second kappa shape index (κ2) is 33.3. The molecule has 5 saturated heterocycles. The lowest BCUT2D eigenvalue weighted by molar-refractivity contribution is -0.334. The number of esters is 2. The summed E-state index contributed by atoms with van der Waals surface area (Å²) in [4.78, 5) is 75.7. The summed E-state index contributed by atoms with van der Waals surface area (Å²) in [5.74, 6) is -6.98. The second-order valence-corrected chi connectivity index (χ2v) is 26.1. The number of ketones is 1. The number of Topliss-reactive ketones (excluding diaryl/α,β-unsaturated/α-hetero) is 1. The molecule has 0 radical (unpaired) electrons. The van der Waals surface area contributed by atoms with Gasteiger partial charge in [-0.2, -0.15) is 0 Å². The predicted octanol–water partition coefficient (Wildman–Crippen LogP) is 1.50. The van der Waals surface area contributed by atoms with Gasteiger partial charge in [-0.25, -0.2) is 0 Å². The molecule has 1 amide bonds. The van der Waals surface area contributed by atoms with Crippen molar-refractivity contribution in [2.75, 3.05) is 41.4 Å². The van der Waals surface area contributed by atoms with Gasteiger partial charge in [-0.15, -0.1) is 0 Å². The molecule has 6 aliphatic rings. The summed E-state index contributed by atoms with van der Waals surface area (Å²) in [5, 5.41) is 88.2. The van der Waals surface area contributed by atoms with E-state index in [0.29, 0.717) is 12.1 Å². The number of nitrogens with two attached hydrogens (primary N) is 1. The number of methoxy groups -OCH3 is 2. The molecular weight excluding hydrogens is 1260 g/mol. The van der Waals surface area contributed by atoms with Crippen molar-refractivity contribution in [2.24, 2.45) is 17.6 Å². The lowest BCUT2D eigenvalue weighted by Gasteiger charge is -2.47. The topological polar surface area (TPSA) is 435 Å². The standard InChI is InChI=1S/C59H88N2O24.C5H9NO4/c1-25(2)58(70)85-56-30(7)78-45(24-59(56,9)71)82-39-21-43(74-26(3)49(39)66)81-38-22-44(75-27(4)48(38)65)84-54-35(55(73-13)57(69)60-14-15-61(10)11)18-33-16-32-17-34(19-36(63)46(32)50(67)47(33)51(54)68)80-42-23-40(53(29(6)77-42)79-31(8)62)83-41-20-37(64)52(72-12)28(5)76-41;6-3(5(9)10)1-2-4(7)8/h16-17,19,25-30,35,37-45,48-49,52-56,63-67,71H,14-15,18,20-24H2,1-13H3,(H,60,69);3H,1-2,6H2,(H,7,8)(H,9,10)/t26-,27-,28-,29-,30+,35-,37-,38-,39-,40-,41-,42-,43+,44+,45+,48-,49-,52+,53+,54+,55+,56+,59+;/m1./s1. The zero-order valence-electron chi connectivity index (χ0n) is 55.9. The van der Waals surface area contributed by atoms with Crippen LogP contribution >= 0.6 is 0 Å². The maximum atomic E-state index is 15.2. The minimum atomic E-state index is -1.54. The molecule has 5 heterocycles. The lowest BCUT2D eigenvalue weighted by atomic mass is 9.76. The third-order valence-electron chi connectivity index (χ3n) is 17.7. The summed E-state index contributed by atoms with van der Waals surface area (Å²) in [6.45, 7) is 15.2. The number of ether oxygens (including phenoxy) is 14. The van der Waals surface area contributed by atoms with E-state index in [1.165, 1.54) is 34.1 Å². The molecule has 24 atom stereocenters. The van der Waals surface area contributed by atoms with E-state index in [-0.39, 0.29) is 80.0 Å². The monoisotopic (exact) mass is 1360 g/mol. The highest BCUT2D eigenvalue weighted by Crippen LogP contribution is 2.46. The van der Waals surface area contributed by atoms with Crippen molar-refractivity contribution >= 4 is 46.3 Å². The van der Waals surface area contributed by atoms with Crippen molar-refractivity contribution in [1.82, 2.24) is 10.2 Å². The number of fused-ring (bicyclic) bond motifs is 2. The number of aromatic hydroxyl groups is 2. The number of carboxylic acids is 2. The Morgan fingerprint density at radius 1 is 0.747 bits per heavy atom. The minimum absolute atomic E-state index is 0.00708. The smallest absolute Gasteiger partial charge is 0.320 e. The molecule has 536 valence electrons. The Balaban J connectivity index is 0.00000117. The number of nitrogens with zero attached hydrogens (tertiary/aromatic N) is 1. The Labute approximate surface area is 550 Å². The van der Waals surface area contributed by atoms with Crippen LogP contribution < -0.4 is 15.8 Å². The van der Waals surface area contributed by atoms with Gasteiger partial charge in [0.25, 0.3) is 0 Å². The Hall–Kier alpha value is -5.56. The number of aliphatic carboxylic acids is 2. The van der Waals surface area contributed by atoms with E-state index < -0.39 is 200 Å². The highest BCUT2D eigenvalue weighted by atomic mass is 16.7. The fraction of sp³-hybridized carbons (Fsp3) is 0.750. The summed E-state index contributed by atoms with van der Waals surface area (Å²) in [7, 11) is 6.50. The molecule has 1 aliphatic carbocycles. The third-order valence-corrected chi connectivity index (χ3v) is 17.7. The van der Waals surface area contributed by atoms with E-state index in [2.05, 4.69) is 5.32 Å². The van der Waals surface area contributed by atoms with Gasteiger partial charge in [-0.1, -0.05) is 13.8 Å². The van der Waals surface area contributed by atoms with Crippen LogP contribution in [0.3, 0.4) is 0 Å². The van der Waals surface area contributed by atoms with E-state index in [0.717, 1.165) is 0 Å². The SMILES string of the molecule is CO[C@@H]1[C@H](O)C[C@@H](O[C@@H]2C[C@@H](Oc3cc(O)c4c(O)c5c(cc4c3)C[C@@H]([C@H](OC)C(=O)NCCN(C)C)[C@H](O[C@H]3C[C@@H](O[C@H]4C[C@@H](O[C@H]6C[C@](C)(O)[C@@H](OC(=O)C(C)C)[C@H](C)O6)[C@H](O)[C@@H](C)O4)[C@H](O)[C@@H](C)O3)C5=O)O[C@H](C)[C@@H]2OC(C)=O)O[C@@H]1C.NC(CCC(=O)O)C(=O)O. The van der Waals surface area contributed by atoms with Crippen LogP contribution in [0, 0.1) is 11.8 Å². The number of aliphatic hydroxyl groups is 4. The maximum absolute atomic E-state index is 15.2. The molecule has 2 aromatic rings. The summed E-state index contributed by atoms with van der Waals surface area (Å²) >= 11 is 0. The molecule has 95 heavy (non-hydrogen) atoms. The number of hydrogen-bond donors (Lipinski definition) is 10. The van der Waals surface area contributed by atoms with Gasteiger partial charge in [0.05, 0.1) is 65.7 Å². The zero-order valence-corrected chi connectivity index (χ0v) is 55.9. The summed E-state index contributed by atoms with van der Waals surface area (Å²) in [6.07, 6.45) is -21.1. The Kier molecular flexibility index (Phi) is 26.9. The highest BCUT2D eigenvalue weighted by Gasteiger charge is 2.52. The maximum Gasteiger partial charge on any atom is 0.320 e. The molecule has 2 aromatic carbocycles. The summed E-state index contributed by atoms with van der Waals surface area (Å²) in [5.41, 5.74) is 3.57. The number of amides is 1. The average Bonchev–Trinajstić information content (AvgIpc) is 0.740. The van der Waals surface area contributed by atoms with Gasteiger partial charge < -0.3 is 123 Å². The summed E-state index contributed by atoms with van der Waals surface area (Å²) < 4.78 is 85.0. The summed E-state index contributed by atoms with van der Waals surface area (Å²) in [6, 6.07) is 3.34. The van der Waals surface area contributed by atoms with Crippen LogP contribution in [-0.2, 0) is 92.0 Å². The van der Waals surface area contributed by atoms with Crippen molar-refractivity contribution in [3.63, 3.8) is 0 Å². The number of carboxylic acid groups (broad SMARTS) is 2. The quantitative estimate of drug-likeness (QED) is 0.0666. The Morgan fingerprint density at radius 3 is 1.86 bits per heavy atom. The van der Waals surface area contributed by atoms with Crippen molar-refractivity contribution in [3.8, 4) is 17.2 Å². The molecule has 31 nitrogen and oxygen atoms in total. The van der Waals surface area contributed by atoms with Gasteiger partial charge in [-0.05, 0) is 91.6 Å². The first-order valence-corrected chi connectivity index (χ1v) is 32.0. The van der Waals surface area contributed by atoms with Crippen LogP contribution in [0.25, 0.3) is 10.8 Å². The van der Waals surface area contributed by atoms with Gasteiger partial charge in [0.1, 0.15) is 65.5 Å². The molecule has 0 spiro atoms. The average molecular weight is 1360 g/mol. The van der Waals surface area contributed by atoms with Crippen LogP contribution in [0.15, 0.2) is 18.2 Å². The van der Waals surface area contributed by atoms with Crippen molar-refractivity contribution < 1.29 is 136 Å². The van der Waals surface area contributed by atoms with Crippen molar-refractivity contribution in [1.29, 1.82) is 0 Å². The number of carbonyl (C=O) groups excluding carboxylic acids is 4. The lowest BCUT2D eigenvalue weighted by Crippen LogP contribution is -2.59. The fourth-order valence-electron chi connectivity index (χ4n) is 12.8. The molecule has 11 N–H and O–H groups in total. The molecule has 5 aliphatic heterocycles. The number of benzene rings is 2. The Morgan fingerprint density at radius 2 is 1.31 bits per heavy atom. The van der Waals surface area contributed by atoms with E-state index in [1.54, 1.807) is 60.6 Å². The highest BCUT2D eigenvalue weighted by molar-refractivity contribution is 6.11. The van der Waals surface area contributed by atoms with Crippen LogP contribution in [0.4, 0.5) is 0 Å². The molecule has 0 bridgehead atoms. The fourth-order valence-corrected chi connectivity index (χ4v) is 12.8. The van der Waals surface area contributed by atoms with E-state index in [4.69, 9.17) is 82.3 Å². The molecular formula is C64H97N3O28. The zero-order chi connectivity index (χ0) is 70.2. The number of carbonyl (C=O) groups is 6. The first-order chi connectivity index (χ1) is 44.6. The van der Waals surface area contributed by atoms with Crippen LogP contribution in [0.5, 0.6) is 17.2 Å². The molecule has 0 aromatic heterocycles. The third kappa shape index (κ3) is 19.4. The molecule has 1 unspecified atom stereocenters. The van der Waals surface area contributed by atoms with Crippen molar-refractivity contribution in [2.45, 2.75) is 254 Å². The second-order valence-electron chi connectivity index (χ2n) is 26.1. The minimum Gasteiger partial charge on any atom is -0.507 e. The molecule has 8 rings (SSSR count). The number of likely N-dealkylation sites (N-methyl/N-ethyl adjacent to an activating group) is 1. The van der Waals surface area contributed by atoms with Crippen LogP contribution in [0.2, 0.25) is 0 Å². The van der Waals surface area contributed by atoms with E-state index >= 15 is 4.79 Å². The molecule has 5 fully saturated rings. The number of hydrogen-bond acceptors (Lipinski definition) is 28. The normalized spacial score (nSPS) is 35.7. The molecule has 0 saturated carbocycles. The first kappa shape index (κ1) is 76.8. The number of nitrogens with one attached hydrogen (secondary N) is 1.